The fraction of sp³-hybridized carbons (Fsp3) is 0.600. The Morgan fingerprint density at radius 1 is 1.17 bits per heavy atom. The number of amides is 1. The molecule has 2 saturated carbocycles. The van der Waals surface area contributed by atoms with Gasteiger partial charge in [0.05, 0.1) is 12.5 Å². The molecule has 1 N–H and O–H groups in total. The molecule has 24 heavy (non-hydrogen) atoms. The highest BCUT2D eigenvalue weighted by Gasteiger charge is 2.43. The van der Waals surface area contributed by atoms with Crippen LogP contribution in [0, 0.1) is 24.7 Å². The number of ether oxygens (including phenoxy) is 1. The van der Waals surface area contributed by atoms with Crippen LogP contribution in [0.4, 0.5) is 0 Å². The first-order chi connectivity index (χ1) is 11.6. The quantitative estimate of drug-likeness (QED) is 0.618. The molecule has 3 unspecified atom stereocenters. The monoisotopic (exact) mass is 329 g/mol. The van der Waals surface area contributed by atoms with Crippen molar-refractivity contribution in [1.82, 2.24) is 5.32 Å². The Morgan fingerprint density at radius 3 is 2.62 bits per heavy atom. The van der Waals surface area contributed by atoms with Crippen LogP contribution < -0.4 is 5.32 Å². The van der Waals surface area contributed by atoms with E-state index in [1.807, 2.05) is 0 Å². The number of carbonyl (C=O) groups excluding carboxylic acids is 2. The lowest BCUT2D eigenvalue weighted by Crippen LogP contribution is -2.30. The number of esters is 1. The summed E-state index contributed by atoms with van der Waals surface area (Å²) in [5.41, 5.74) is 2.39. The smallest absolute Gasteiger partial charge is 0.309 e. The predicted octanol–water partition coefficient (Wildman–Crippen LogP) is 3.02. The number of nitrogens with one attached hydrogen (secondary N) is 1. The highest BCUT2D eigenvalue weighted by Crippen LogP contribution is 2.48. The number of hydrogen-bond donors (Lipinski definition) is 1. The van der Waals surface area contributed by atoms with E-state index in [0.29, 0.717) is 18.9 Å². The summed E-state index contributed by atoms with van der Waals surface area (Å²) in [5.74, 6) is 1.35. The van der Waals surface area contributed by atoms with Gasteiger partial charge in [-0.15, -0.1) is 0 Å². The molecule has 0 saturated heterocycles. The van der Waals surface area contributed by atoms with Gasteiger partial charge in [-0.1, -0.05) is 36.2 Å². The molecule has 4 nitrogen and oxygen atoms in total. The Balaban J connectivity index is 1.28. The number of aryl methyl sites for hydroxylation is 2. The molecule has 1 aromatic rings. The third-order valence-corrected chi connectivity index (χ3v) is 5.47. The maximum Gasteiger partial charge on any atom is 0.309 e. The second-order valence-corrected chi connectivity index (χ2v) is 7.28. The molecule has 0 aliphatic heterocycles. The van der Waals surface area contributed by atoms with E-state index >= 15 is 0 Å². The van der Waals surface area contributed by atoms with Crippen molar-refractivity contribution in [3.05, 3.63) is 35.4 Å². The van der Waals surface area contributed by atoms with Gasteiger partial charge in [0.15, 0.2) is 0 Å². The SMILES string of the molecule is Cc1ccc(CCC(=O)NCCOC(=O)C2CC3CCC2C3)cc1. The van der Waals surface area contributed by atoms with Gasteiger partial charge in [0.1, 0.15) is 6.61 Å². The molecule has 2 fully saturated rings. The van der Waals surface area contributed by atoms with Crippen LogP contribution >= 0.6 is 0 Å². The van der Waals surface area contributed by atoms with Crippen molar-refractivity contribution in [2.45, 2.75) is 45.4 Å². The van der Waals surface area contributed by atoms with Gasteiger partial charge in [0.25, 0.3) is 0 Å². The second kappa shape index (κ2) is 7.82. The number of hydrogen-bond acceptors (Lipinski definition) is 3. The Kier molecular flexibility index (Phi) is 5.54. The lowest BCUT2D eigenvalue weighted by Gasteiger charge is -2.19. The van der Waals surface area contributed by atoms with Gasteiger partial charge in [0, 0.05) is 6.42 Å². The first kappa shape index (κ1) is 17.0. The van der Waals surface area contributed by atoms with E-state index in [2.05, 4.69) is 36.5 Å². The van der Waals surface area contributed by atoms with Gasteiger partial charge in [-0.25, -0.2) is 0 Å². The first-order valence-corrected chi connectivity index (χ1v) is 9.10. The molecule has 0 heterocycles. The minimum absolute atomic E-state index is 0.00606. The molecular formula is C20H27NO3. The van der Waals surface area contributed by atoms with Crippen molar-refractivity contribution in [3.63, 3.8) is 0 Å². The van der Waals surface area contributed by atoms with Crippen molar-refractivity contribution < 1.29 is 14.3 Å². The molecule has 130 valence electrons. The Bertz CT molecular complexity index is 581. The zero-order valence-electron chi connectivity index (χ0n) is 14.4. The van der Waals surface area contributed by atoms with Gasteiger partial charge in [-0.05, 0) is 50.0 Å². The highest BCUT2D eigenvalue weighted by molar-refractivity contribution is 5.76. The van der Waals surface area contributed by atoms with Crippen molar-refractivity contribution in [2.75, 3.05) is 13.2 Å². The van der Waals surface area contributed by atoms with Crippen LogP contribution in [0.15, 0.2) is 24.3 Å². The molecule has 1 aromatic carbocycles. The maximum atomic E-state index is 12.1. The molecule has 2 aliphatic rings. The van der Waals surface area contributed by atoms with E-state index in [1.54, 1.807) is 0 Å². The van der Waals surface area contributed by atoms with Crippen LogP contribution in [0.2, 0.25) is 0 Å². The Labute approximate surface area is 144 Å². The highest BCUT2D eigenvalue weighted by atomic mass is 16.5. The lowest BCUT2D eigenvalue weighted by molar-refractivity contribution is -0.150. The molecule has 4 heteroatoms. The minimum atomic E-state index is -0.0592. The second-order valence-electron chi connectivity index (χ2n) is 7.28. The standard InChI is InChI=1S/C20H27NO3/c1-14-2-4-15(5-3-14)7-9-19(22)21-10-11-24-20(23)18-13-16-6-8-17(18)12-16/h2-5,16-18H,6-13H2,1H3,(H,21,22). The summed E-state index contributed by atoms with van der Waals surface area (Å²) < 4.78 is 5.35. The first-order valence-electron chi connectivity index (χ1n) is 9.10. The minimum Gasteiger partial charge on any atom is -0.464 e. The van der Waals surface area contributed by atoms with Crippen LogP contribution in [0.5, 0.6) is 0 Å². The van der Waals surface area contributed by atoms with Gasteiger partial charge in [0.2, 0.25) is 5.91 Å². The summed E-state index contributed by atoms with van der Waals surface area (Å²) >= 11 is 0. The third kappa shape index (κ3) is 4.37. The Morgan fingerprint density at radius 2 is 1.96 bits per heavy atom. The summed E-state index contributed by atoms with van der Waals surface area (Å²) in [6.07, 6.45) is 5.87. The Hall–Kier alpha value is -1.84. The van der Waals surface area contributed by atoms with E-state index in [9.17, 15) is 9.59 Å². The number of benzene rings is 1. The van der Waals surface area contributed by atoms with E-state index < -0.39 is 0 Å². The molecule has 0 radical (unpaired) electrons. The molecule has 3 rings (SSSR count). The van der Waals surface area contributed by atoms with Crippen LogP contribution in [-0.2, 0) is 20.7 Å². The molecule has 0 aromatic heterocycles. The fourth-order valence-corrected chi connectivity index (χ4v) is 4.08. The predicted molar refractivity (Wildman–Crippen MR) is 92.4 cm³/mol. The van der Waals surface area contributed by atoms with Crippen LogP contribution in [0.25, 0.3) is 0 Å². The van der Waals surface area contributed by atoms with Gasteiger partial charge >= 0.3 is 5.97 Å². The molecule has 1 amide bonds. The zero-order chi connectivity index (χ0) is 16.9. The number of carbonyl (C=O) groups is 2. The third-order valence-electron chi connectivity index (χ3n) is 5.47. The van der Waals surface area contributed by atoms with Crippen molar-refractivity contribution >= 4 is 11.9 Å². The summed E-state index contributed by atoms with van der Waals surface area (Å²) in [5, 5.41) is 2.83. The summed E-state index contributed by atoms with van der Waals surface area (Å²) in [6, 6.07) is 8.23. The normalized spacial score (nSPS) is 24.8. The lowest BCUT2D eigenvalue weighted by atomic mass is 9.89. The average Bonchev–Trinajstić information content (AvgIpc) is 3.21. The van der Waals surface area contributed by atoms with Gasteiger partial charge < -0.3 is 10.1 Å². The van der Waals surface area contributed by atoms with Crippen LogP contribution in [0.3, 0.4) is 0 Å². The summed E-state index contributed by atoms with van der Waals surface area (Å²) in [6.45, 7) is 2.73. The number of rotatable bonds is 7. The van der Waals surface area contributed by atoms with E-state index in [-0.39, 0.29) is 24.4 Å². The van der Waals surface area contributed by atoms with Gasteiger partial charge in [-0.2, -0.15) is 0 Å². The van der Waals surface area contributed by atoms with Crippen LogP contribution in [0.1, 0.15) is 43.2 Å². The molecule has 0 spiro atoms. The van der Waals surface area contributed by atoms with E-state index in [0.717, 1.165) is 18.8 Å². The zero-order valence-corrected chi connectivity index (χ0v) is 14.4. The molecule has 2 aliphatic carbocycles. The summed E-state index contributed by atoms with van der Waals surface area (Å²) in [4.78, 5) is 23.9. The summed E-state index contributed by atoms with van der Waals surface area (Å²) in [7, 11) is 0. The van der Waals surface area contributed by atoms with Crippen molar-refractivity contribution in [1.29, 1.82) is 0 Å². The van der Waals surface area contributed by atoms with E-state index in [4.69, 9.17) is 4.74 Å². The largest absolute Gasteiger partial charge is 0.464 e. The van der Waals surface area contributed by atoms with E-state index in [1.165, 1.54) is 30.4 Å². The molecule has 3 atom stereocenters. The van der Waals surface area contributed by atoms with Crippen LogP contribution in [-0.4, -0.2) is 25.0 Å². The molecule has 2 bridgehead atoms. The van der Waals surface area contributed by atoms with Crippen molar-refractivity contribution in [2.24, 2.45) is 17.8 Å². The van der Waals surface area contributed by atoms with Crippen molar-refractivity contribution in [3.8, 4) is 0 Å². The fourth-order valence-electron chi connectivity index (χ4n) is 4.08. The van der Waals surface area contributed by atoms with Gasteiger partial charge in [-0.3, -0.25) is 9.59 Å². The topological polar surface area (TPSA) is 55.4 Å². The maximum absolute atomic E-state index is 12.1. The average molecular weight is 329 g/mol. The molecular weight excluding hydrogens is 302 g/mol. The number of fused-ring (bicyclic) bond motifs is 2.